The van der Waals surface area contributed by atoms with Crippen LogP contribution in [0.15, 0.2) is 30.3 Å². The quantitative estimate of drug-likeness (QED) is 0.607. The number of rotatable bonds is 3. The van der Waals surface area contributed by atoms with Crippen molar-refractivity contribution in [2.75, 3.05) is 6.73 Å². The number of carbonyl (C=O) groups is 2. The van der Waals surface area contributed by atoms with Gasteiger partial charge in [-0.05, 0) is 19.4 Å². The first-order valence-electron chi connectivity index (χ1n) is 5.94. The van der Waals surface area contributed by atoms with Crippen molar-refractivity contribution in [1.29, 1.82) is 0 Å². The minimum atomic E-state index is -0.443. The number of β-lactam (4-membered cyclic amide) rings is 1. The summed E-state index contributed by atoms with van der Waals surface area (Å²) in [5.74, 6) is -0.364. The van der Waals surface area contributed by atoms with E-state index >= 15 is 0 Å². The minimum absolute atomic E-state index is 0.0117. The molecule has 1 saturated heterocycles. The first-order chi connectivity index (χ1) is 8.44. The zero-order valence-corrected chi connectivity index (χ0v) is 10.8. The van der Waals surface area contributed by atoms with Crippen LogP contribution in [0.3, 0.4) is 0 Å². The van der Waals surface area contributed by atoms with Crippen molar-refractivity contribution in [3.05, 3.63) is 35.9 Å². The van der Waals surface area contributed by atoms with E-state index in [0.29, 0.717) is 0 Å². The zero-order valence-electron chi connectivity index (χ0n) is 10.8. The van der Waals surface area contributed by atoms with Crippen LogP contribution in [0, 0.1) is 5.41 Å². The van der Waals surface area contributed by atoms with Gasteiger partial charge in [-0.2, -0.15) is 0 Å². The Morgan fingerprint density at radius 1 is 1.33 bits per heavy atom. The molecule has 2 rings (SSSR count). The number of benzene rings is 1. The smallest absolute Gasteiger partial charge is 0.304 e. The van der Waals surface area contributed by atoms with E-state index in [-0.39, 0.29) is 24.6 Å². The maximum Gasteiger partial charge on any atom is 0.304 e. The van der Waals surface area contributed by atoms with Crippen LogP contribution in [-0.2, 0) is 14.3 Å². The van der Waals surface area contributed by atoms with E-state index < -0.39 is 5.41 Å². The van der Waals surface area contributed by atoms with Gasteiger partial charge in [0.25, 0.3) is 0 Å². The largest absolute Gasteiger partial charge is 0.444 e. The molecular weight excluding hydrogens is 230 g/mol. The molecule has 1 amide bonds. The average molecular weight is 247 g/mol. The summed E-state index contributed by atoms with van der Waals surface area (Å²) >= 11 is 0. The molecule has 1 aromatic carbocycles. The second kappa shape index (κ2) is 4.44. The lowest BCUT2D eigenvalue weighted by molar-refractivity contribution is -0.183. The lowest BCUT2D eigenvalue weighted by Crippen LogP contribution is -2.61. The number of carbonyl (C=O) groups excluding carboxylic acids is 2. The summed E-state index contributed by atoms with van der Waals surface area (Å²) in [7, 11) is 0. The van der Waals surface area contributed by atoms with Gasteiger partial charge in [-0.3, -0.25) is 9.59 Å². The van der Waals surface area contributed by atoms with E-state index in [1.54, 1.807) is 4.90 Å². The Labute approximate surface area is 107 Å². The SMILES string of the molecule is CC(=O)OCN1C(=O)C(C)(C)C1c1ccccc1. The molecule has 0 aliphatic carbocycles. The van der Waals surface area contributed by atoms with Crippen LogP contribution >= 0.6 is 0 Å². The van der Waals surface area contributed by atoms with Gasteiger partial charge in [0, 0.05) is 6.92 Å². The highest BCUT2D eigenvalue weighted by atomic mass is 16.5. The summed E-state index contributed by atoms with van der Waals surface area (Å²) < 4.78 is 4.93. The van der Waals surface area contributed by atoms with Crippen molar-refractivity contribution in [2.45, 2.75) is 26.8 Å². The van der Waals surface area contributed by atoms with Gasteiger partial charge in [0.1, 0.15) is 0 Å². The van der Waals surface area contributed by atoms with Crippen molar-refractivity contribution in [3.8, 4) is 0 Å². The Balaban J connectivity index is 2.20. The first-order valence-corrected chi connectivity index (χ1v) is 5.94. The summed E-state index contributed by atoms with van der Waals surface area (Å²) in [5, 5.41) is 0. The van der Waals surface area contributed by atoms with Gasteiger partial charge in [-0.25, -0.2) is 0 Å². The van der Waals surface area contributed by atoms with E-state index in [2.05, 4.69) is 0 Å². The molecule has 18 heavy (non-hydrogen) atoms. The zero-order chi connectivity index (χ0) is 13.3. The average Bonchev–Trinajstić information content (AvgIpc) is 2.34. The molecule has 0 radical (unpaired) electrons. The van der Waals surface area contributed by atoms with Crippen molar-refractivity contribution in [2.24, 2.45) is 5.41 Å². The fraction of sp³-hybridized carbons (Fsp3) is 0.429. The first kappa shape index (κ1) is 12.6. The highest BCUT2D eigenvalue weighted by molar-refractivity contribution is 5.90. The third-order valence-corrected chi connectivity index (χ3v) is 3.33. The summed E-state index contributed by atoms with van der Waals surface area (Å²) in [4.78, 5) is 24.4. The maximum absolute atomic E-state index is 12.0. The number of hydrogen-bond acceptors (Lipinski definition) is 3. The lowest BCUT2D eigenvalue weighted by atomic mass is 9.71. The highest BCUT2D eigenvalue weighted by Gasteiger charge is 2.54. The van der Waals surface area contributed by atoms with Crippen LogP contribution in [0.25, 0.3) is 0 Å². The number of ether oxygens (including phenoxy) is 1. The second-order valence-electron chi connectivity index (χ2n) is 5.07. The monoisotopic (exact) mass is 247 g/mol. The number of amides is 1. The van der Waals surface area contributed by atoms with Crippen molar-refractivity contribution in [3.63, 3.8) is 0 Å². The van der Waals surface area contributed by atoms with Gasteiger partial charge in [0.05, 0.1) is 11.5 Å². The molecule has 1 heterocycles. The summed E-state index contributed by atoms with van der Waals surface area (Å²) in [5.41, 5.74) is 0.621. The van der Waals surface area contributed by atoms with Crippen molar-refractivity contribution < 1.29 is 14.3 Å². The molecule has 1 unspecified atom stereocenters. The van der Waals surface area contributed by atoms with Gasteiger partial charge < -0.3 is 9.64 Å². The molecule has 1 aromatic rings. The predicted octanol–water partition coefficient (Wildman–Crippen LogP) is 2.12. The Morgan fingerprint density at radius 3 is 2.50 bits per heavy atom. The van der Waals surface area contributed by atoms with Crippen LogP contribution in [0.5, 0.6) is 0 Å². The fourth-order valence-electron chi connectivity index (χ4n) is 2.45. The lowest BCUT2D eigenvalue weighted by Gasteiger charge is -2.52. The molecule has 1 aliphatic rings. The fourth-order valence-corrected chi connectivity index (χ4v) is 2.45. The molecule has 0 bridgehead atoms. The standard InChI is InChI=1S/C14H17NO3/c1-10(16)18-9-15-12(14(2,3)13(15)17)11-7-5-4-6-8-11/h4-8,12H,9H2,1-3H3. The molecular formula is C14H17NO3. The van der Waals surface area contributed by atoms with Gasteiger partial charge in [0.15, 0.2) is 6.73 Å². The molecule has 1 aliphatic heterocycles. The van der Waals surface area contributed by atoms with Crippen LogP contribution < -0.4 is 0 Å². The Hall–Kier alpha value is -1.84. The third-order valence-electron chi connectivity index (χ3n) is 3.33. The van der Waals surface area contributed by atoms with E-state index in [9.17, 15) is 9.59 Å². The number of likely N-dealkylation sites (tertiary alicyclic amines) is 1. The third kappa shape index (κ3) is 1.98. The van der Waals surface area contributed by atoms with Crippen LogP contribution in [-0.4, -0.2) is 23.5 Å². The van der Waals surface area contributed by atoms with E-state index in [4.69, 9.17) is 4.74 Å². The molecule has 1 fully saturated rings. The second-order valence-corrected chi connectivity index (χ2v) is 5.07. The molecule has 96 valence electrons. The molecule has 4 heteroatoms. The maximum atomic E-state index is 12.0. The van der Waals surface area contributed by atoms with Crippen molar-refractivity contribution >= 4 is 11.9 Å². The Kier molecular flexibility index (Phi) is 3.11. The van der Waals surface area contributed by atoms with Crippen molar-refractivity contribution in [1.82, 2.24) is 4.90 Å². The normalized spacial score (nSPS) is 21.4. The molecule has 0 N–H and O–H groups in total. The molecule has 1 atom stereocenters. The van der Waals surface area contributed by atoms with E-state index in [1.807, 2.05) is 44.2 Å². The highest BCUT2D eigenvalue weighted by Crippen LogP contribution is 2.49. The van der Waals surface area contributed by atoms with Crippen LogP contribution in [0.2, 0.25) is 0 Å². The van der Waals surface area contributed by atoms with Crippen LogP contribution in [0.1, 0.15) is 32.4 Å². The number of esters is 1. The molecule has 0 saturated carbocycles. The Morgan fingerprint density at radius 2 is 1.94 bits per heavy atom. The topological polar surface area (TPSA) is 46.6 Å². The van der Waals surface area contributed by atoms with Gasteiger partial charge in [-0.1, -0.05) is 30.3 Å². The summed E-state index contributed by atoms with van der Waals surface area (Å²) in [6.45, 7) is 5.19. The number of hydrogen-bond donors (Lipinski definition) is 0. The summed E-state index contributed by atoms with van der Waals surface area (Å²) in [6.07, 6.45) is 0. The van der Waals surface area contributed by atoms with Gasteiger partial charge in [-0.15, -0.1) is 0 Å². The van der Waals surface area contributed by atoms with Crippen LogP contribution in [0.4, 0.5) is 0 Å². The number of nitrogens with zero attached hydrogens (tertiary/aromatic N) is 1. The van der Waals surface area contributed by atoms with E-state index in [1.165, 1.54) is 6.92 Å². The molecule has 0 spiro atoms. The molecule has 4 nitrogen and oxygen atoms in total. The predicted molar refractivity (Wildman–Crippen MR) is 66.4 cm³/mol. The van der Waals surface area contributed by atoms with Gasteiger partial charge >= 0.3 is 5.97 Å². The Bertz CT molecular complexity index is 467. The van der Waals surface area contributed by atoms with E-state index in [0.717, 1.165) is 5.56 Å². The minimum Gasteiger partial charge on any atom is -0.444 e. The summed E-state index contributed by atoms with van der Waals surface area (Å²) in [6, 6.07) is 9.76. The van der Waals surface area contributed by atoms with Gasteiger partial charge in [0.2, 0.25) is 5.91 Å². The molecule has 0 aromatic heterocycles.